The largest absolute Gasteiger partial charge is 0.324 e. The number of halogens is 1. The van der Waals surface area contributed by atoms with Gasteiger partial charge in [-0.1, -0.05) is 6.07 Å². The average molecular weight is 249 g/mol. The number of aromatic nitrogens is 2. The second-order valence-corrected chi connectivity index (χ2v) is 5.69. The molecular weight excluding hydrogens is 232 g/mol. The highest BCUT2D eigenvalue weighted by atomic mass is 35.5. The van der Waals surface area contributed by atoms with Crippen molar-refractivity contribution in [3.05, 3.63) is 29.6 Å². The van der Waals surface area contributed by atoms with Crippen LogP contribution < -0.4 is 0 Å². The molecule has 0 spiro atoms. The summed E-state index contributed by atoms with van der Waals surface area (Å²) < 4.78 is 2.36. The van der Waals surface area contributed by atoms with E-state index in [1.165, 1.54) is 30.3 Å². The monoisotopic (exact) mass is 248 g/mol. The van der Waals surface area contributed by atoms with Crippen LogP contribution in [-0.4, -0.2) is 9.55 Å². The molecule has 0 N–H and O–H groups in total. The van der Waals surface area contributed by atoms with Crippen LogP contribution in [0.1, 0.15) is 49.0 Å². The van der Waals surface area contributed by atoms with E-state index in [-0.39, 0.29) is 5.38 Å². The summed E-state index contributed by atoms with van der Waals surface area (Å²) in [5.41, 5.74) is 3.58. The van der Waals surface area contributed by atoms with Crippen LogP contribution in [0, 0.1) is 6.92 Å². The first-order chi connectivity index (χ1) is 8.16. The summed E-state index contributed by atoms with van der Waals surface area (Å²) in [7, 11) is 0. The van der Waals surface area contributed by atoms with Crippen LogP contribution in [0.3, 0.4) is 0 Å². The van der Waals surface area contributed by atoms with E-state index < -0.39 is 0 Å². The SMILES string of the molecule is Cc1ccc2c(c1)nc(C(C)Cl)n2C1CCC1. The molecule has 0 radical (unpaired) electrons. The molecule has 2 nitrogen and oxygen atoms in total. The molecule has 1 aromatic carbocycles. The Morgan fingerprint density at radius 2 is 2.18 bits per heavy atom. The average Bonchev–Trinajstić information content (AvgIpc) is 2.54. The lowest BCUT2D eigenvalue weighted by Crippen LogP contribution is -2.19. The standard InChI is InChI=1S/C14H17ClN2/c1-9-6-7-13-12(8-9)16-14(10(2)15)17(13)11-4-3-5-11/h6-8,10-11H,3-5H2,1-2H3. The number of alkyl halides is 1. The topological polar surface area (TPSA) is 17.8 Å². The molecule has 0 aliphatic heterocycles. The molecule has 1 unspecified atom stereocenters. The first-order valence-electron chi connectivity index (χ1n) is 6.29. The number of fused-ring (bicyclic) bond motifs is 1. The van der Waals surface area contributed by atoms with Crippen molar-refractivity contribution in [2.24, 2.45) is 0 Å². The van der Waals surface area contributed by atoms with Gasteiger partial charge in [0.25, 0.3) is 0 Å². The second-order valence-electron chi connectivity index (χ2n) is 5.03. The molecule has 0 saturated heterocycles. The lowest BCUT2D eigenvalue weighted by atomic mass is 9.92. The summed E-state index contributed by atoms with van der Waals surface area (Å²) in [6.07, 6.45) is 3.85. The fraction of sp³-hybridized carbons (Fsp3) is 0.500. The van der Waals surface area contributed by atoms with Crippen LogP contribution in [0.5, 0.6) is 0 Å². The van der Waals surface area contributed by atoms with Crippen molar-refractivity contribution in [2.45, 2.75) is 44.5 Å². The van der Waals surface area contributed by atoms with Gasteiger partial charge in [0.05, 0.1) is 16.4 Å². The van der Waals surface area contributed by atoms with Gasteiger partial charge in [-0.3, -0.25) is 0 Å². The molecule has 1 saturated carbocycles. The van der Waals surface area contributed by atoms with E-state index in [1.807, 2.05) is 6.92 Å². The Bertz CT molecular complexity index is 553. The molecule has 1 aliphatic rings. The first-order valence-corrected chi connectivity index (χ1v) is 6.73. The summed E-state index contributed by atoms with van der Waals surface area (Å²) in [6.45, 7) is 4.11. The van der Waals surface area contributed by atoms with E-state index in [1.54, 1.807) is 0 Å². The Kier molecular flexibility index (Phi) is 2.62. The summed E-state index contributed by atoms with van der Waals surface area (Å²) in [5, 5.41) is -0.0247. The van der Waals surface area contributed by atoms with E-state index in [0.717, 1.165) is 11.3 Å². The van der Waals surface area contributed by atoms with Gasteiger partial charge in [0, 0.05) is 6.04 Å². The van der Waals surface area contributed by atoms with Gasteiger partial charge in [0.2, 0.25) is 0 Å². The summed E-state index contributed by atoms with van der Waals surface area (Å²) in [4.78, 5) is 4.71. The van der Waals surface area contributed by atoms with Gasteiger partial charge in [0.1, 0.15) is 5.82 Å². The fourth-order valence-electron chi connectivity index (χ4n) is 2.54. The maximum Gasteiger partial charge on any atom is 0.127 e. The number of hydrogen-bond acceptors (Lipinski definition) is 1. The molecule has 0 bridgehead atoms. The number of rotatable bonds is 2. The Morgan fingerprint density at radius 1 is 1.41 bits per heavy atom. The number of hydrogen-bond donors (Lipinski definition) is 0. The molecule has 1 heterocycles. The highest BCUT2D eigenvalue weighted by molar-refractivity contribution is 6.20. The molecule has 1 aliphatic carbocycles. The Morgan fingerprint density at radius 3 is 2.76 bits per heavy atom. The molecule has 2 aromatic rings. The van der Waals surface area contributed by atoms with Gasteiger partial charge < -0.3 is 4.57 Å². The number of aryl methyl sites for hydroxylation is 1. The van der Waals surface area contributed by atoms with Gasteiger partial charge in [0.15, 0.2) is 0 Å². The van der Waals surface area contributed by atoms with Crippen molar-refractivity contribution < 1.29 is 0 Å². The number of imidazole rings is 1. The number of nitrogens with zero attached hydrogens (tertiary/aromatic N) is 2. The zero-order valence-corrected chi connectivity index (χ0v) is 11.0. The van der Waals surface area contributed by atoms with E-state index in [2.05, 4.69) is 29.7 Å². The summed E-state index contributed by atoms with van der Waals surface area (Å²) in [5.74, 6) is 1.02. The van der Waals surface area contributed by atoms with Gasteiger partial charge in [-0.2, -0.15) is 0 Å². The van der Waals surface area contributed by atoms with Crippen molar-refractivity contribution in [1.29, 1.82) is 0 Å². The van der Waals surface area contributed by atoms with Gasteiger partial charge in [-0.15, -0.1) is 11.6 Å². The third-order valence-electron chi connectivity index (χ3n) is 3.67. The van der Waals surface area contributed by atoms with Gasteiger partial charge in [-0.25, -0.2) is 4.98 Å². The lowest BCUT2D eigenvalue weighted by molar-refractivity contribution is 0.313. The van der Waals surface area contributed by atoms with Gasteiger partial charge >= 0.3 is 0 Å². The van der Waals surface area contributed by atoms with E-state index in [9.17, 15) is 0 Å². The predicted molar refractivity (Wildman–Crippen MR) is 71.6 cm³/mol. The van der Waals surface area contributed by atoms with Crippen LogP contribution >= 0.6 is 11.6 Å². The smallest absolute Gasteiger partial charge is 0.127 e. The minimum Gasteiger partial charge on any atom is -0.324 e. The lowest BCUT2D eigenvalue weighted by Gasteiger charge is -2.29. The molecule has 1 atom stereocenters. The molecule has 17 heavy (non-hydrogen) atoms. The molecule has 1 aromatic heterocycles. The molecular formula is C14H17ClN2. The van der Waals surface area contributed by atoms with Crippen LogP contribution in [0.4, 0.5) is 0 Å². The molecule has 3 rings (SSSR count). The van der Waals surface area contributed by atoms with Crippen LogP contribution in [-0.2, 0) is 0 Å². The van der Waals surface area contributed by atoms with Crippen LogP contribution in [0.2, 0.25) is 0 Å². The highest BCUT2D eigenvalue weighted by Gasteiger charge is 2.25. The maximum absolute atomic E-state index is 6.26. The quantitative estimate of drug-likeness (QED) is 0.722. The van der Waals surface area contributed by atoms with E-state index in [4.69, 9.17) is 16.6 Å². The van der Waals surface area contributed by atoms with Crippen molar-refractivity contribution in [3.63, 3.8) is 0 Å². The van der Waals surface area contributed by atoms with Gasteiger partial charge in [-0.05, 0) is 50.8 Å². The summed E-state index contributed by atoms with van der Waals surface area (Å²) >= 11 is 6.26. The normalized spacial score (nSPS) is 18.3. The highest BCUT2D eigenvalue weighted by Crippen LogP contribution is 2.38. The fourth-order valence-corrected chi connectivity index (χ4v) is 2.69. The van der Waals surface area contributed by atoms with Crippen molar-refractivity contribution in [2.75, 3.05) is 0 Å². The molecule has 3 heteroatoms. The van der Waals surface area contributed by atoms with Crippen molar-refractivity contribution in [1.82, 2.24) is 9.55 Å². The maximum atomic E-state index is 6.26. The Hall–Kier alpha value is -1.02. The Balaban J connectivity index is 2.23. The van der Waals surface area contributed by atoms with Crippen LogP contribution in [0.25, 0.3) is 11.0 Å². The minimum absolute atomic E-state index is 0.0247. The second kappa shape index (κ2) is 4.02. The molecule has 1 fully saturated rings. The van der Waals surface area contributed by atoms with Crippen molar-refractivity contribution in [3.8, 4) is 0 Å². The molecule has 0 amide bonds. The zero-order chi connectivity index (χ0) is 12.0. The molecule has 90 valence electrons. The first kappa shape index (κ1) is 11.1. The predicted octanol–water partition coefficient (Wildman–Crippen LogP) is 4.37. The number of benzene rings is 1. The third-order valence-corrected chi connectivity index (χ3v) is 3.86. The third kappa shape index (κ3) is 1.75. The Labute approximate surface area is 107 Å². The van der Waals surface area contributed by atoms with Crippen molar-refractivity contribution >= 4 is 22.6 Å². The van der Waals surface area contributed by atoms with E-state index in [0.29, 0.717) is 6.04 Å². The van der Waals surface area contributed by atoms with Crippen LogP contribution in [0.15, 0.2) is 18.2 Å². The summed E-state index contributed by atoms with van der Waals surface area (Å²) in [6, 6.07) is 7.09. The zero-order valence-electron chi connectivity index (χ0n) is 10.3. The van der Waals surface area contributed by atoms with E-state index >= 15 is 0 Å². The minimum atomic E-state index is -0.0247.